The van der Waals surface area contributed by atoms with Crippen LogP contribution in [0.4, 0.5) is 18.9 Å². The first kappa shape index (κ1) is 22.8. The summed E-state index contributed by atoms with van der Waals surface area (Å²) < 4.78 is 38.0. The zero-order chi connectivity index (χ0) is 22.7. The van der Waals surface area contributed by atoms with Crippen LogP contribution in [0.2, 0.25) is 0 Å². The van der Waals surface area contributed by atoms with E-state index in [0.717, 1.165) is 73.3 Å². The van der Waals surface area contributed by atoms with E-state index in [-0.39, 0.29) is 5.91 Å². The number of benzene rings is 2. The second kappa shape index (κ2) is 9.63. The molecule has 32 heavy (non-hydrogen) atoms. The van der Waals surface area contributed by atoms with Gasteiger partial charge in [0.05, 0.1) is 11.7 Å². The number of nitrogens with zero attached hydrogens (tertiary/aromatic N) is 1. The Kier molecular flexibility index (Phi) is 6.86. The molecule has 1 saturated heterocycles. The van der Waals surface area contributed by atoms with Crippen LogP contribution in [0.15, 0.2) is 42.5 Å². The number of hydrogen-bond acceptors (Lipinski definition) is 3. The number of likely N-dealkylation sites (tertiary alicyclic amines) is 1. The second-order valence-electron chi connectivity index (χ2n) is 8.96. The van der Waals surface area contributed by atoms with Crippen LogP contribution in [-0.2, 0) is 23.8 Å². The fourth-order valence-electron chi connectivity index (χ4n) is 4.65. The molecule has 1 amide bonds. The monoisotopic (exact) mass is 446 g/mol. The van der Waals surface area contributed by atoms with Gasteiger partial charge >= 0.3 is 6.18 Å². The number of carbonyl (C=O) groups is 1. The molecule has 1 fully saturated rings. The van der Waals surface area contributed by atoms with Crippen LogP contribution in [0.25, 0.3) is 0 Å². The first-order valence-corrected chi connectivity index (χ1v) is 11.3. The van der Waals surface area contributed by atoms with Gasteiger partial charge in [0.2, 0.25) is 5.91 Å². The minimum absolute atomic E-state index is 0.0343. The number of aliphatic hydroxyl groups excluding tert-OH is 1. The Hall–Kier alpha value is -2.38. The van der Waals surface area contributed by atoms with Gasteiger partial charge in [0.15, 0.2) is 0 Å². The van der Waals surface area contributed by atoms with Gasteiger partial charge in [-0.2, -0.15) is 13.2 Å². The van der Waals surface area contributed by atoms with Crippen LogP contribution < -0.4 is 5.32 Å². The molecule has 2 aliphatic rings. The summed E-state index contributed by atoms with van der Waals surface area (Å²) in [6, 6.07) is 11.2. The van der Waals surface area contributed by atoms with Crippen molar-refractivity contribution in [2.75, 3.05) is 25.0 Å². The number of aryl methyl sites for hydroxylation is 2. The number of amides is 1. The number of fused-ring (bicyclic) bond motifs is 1. The first-order chi connectivity index (χ1) is 15.3. The molecular weight excluding hydrogens is 417 g/mol. The van der Waals surface area contributed by atoms with Gasteiger partial charge in [-0.1, -0.05) is 24.3 Å². The van der Waals surface area contributed by atoms with Crippen molar-refractivity contribution in [1.82, 2.24) is 4.90 Å². The number of hydrogen-bond donors (Lipinski definition) is 2. The third-order valence-corrected chi connectivity index (χ3v) is 6.67. The Bertz CT molecular complexity index is 935. The third-order valence-electron chi connectivity index (χ3n) is 6.67. The van der Waals surface area contributed by atoms with Gasteiger partial charge < -0.3 is 15.3 Å². The zero-order valence-corrected chi connectivity index (χ0v) is 18.0. The van der Waals surface area contributed by atoms with E-state index >= 15 is 0 Å². The number of piperidine rings is 1. The number of alkyl halides is 3. The average Bonchev–Trinajstić information content (AvgIpc) is 2.78. The molecule has 4 nitrogen and oxygen atoms in total. The average molecular weight is 447 g/mol. The minimum Gasteiger partial charge on any atom is -0.387 e. The summed E-state index contributed by atoms with van der Waals surface area (Å²) in [6.45, 7) is 2.41. The molecule has 0 radical (unpaired) electrons. The van der Waals surface area contributed by atoms with Crippen molar-refractivity contribution in [2.45, 2.75) is 50.8 Å². The van der Waals surface area contributed by atoms with Crippen molar-refractivity contribution in [2.24, 2.45) is 5.92 Å². The fourth-order valence-corrected chi connectivity index (χ4v) is 4.65. The molecule has 4 rings (SSSR count). The highest BCUT2D eigenvalue weighted by Crippen LogP contribution is 2.30. The molecular formula is C25H29F3N2O2. The lowest BCUT2D eigenvalue weighted by Gasteiger charge is -2.33. The molecule has 2 aromatic carbocycles. The highest BCUT2D eigenvalue weighted by atomic mass is 19.4. The Balaban J connectivity index is 1.22. The molecule has 2 N–H and O–H groups in total. The van der Waals surface area contributed by atoms with Crippen LogP contribution in [0.5, 0.6) is 0 Å². The number of rotatable bonds is 6. The number of halogens is 3. The smallest absolute Gasteiger partial charge is 0.387 e. The molecule has 0 saturated carbocycles. The molecule has 0 aliphatic carbocycles. The maximum absolute atomic E-state index is 12.7. The number of aliphatic hydroxyl groups is 1. The summed E-state index contributed by atoms with van der Waals surface area (Å²) in [4.78, 5) is 13.8. The van der Waals surface area contributed by atoms with E-state index in [9.17, 15) is 23.1 Å². The Morgan fingerprint density at radius 2 is 1.78 bits per heavy atom. The topological polar surface area (TPSA) is 52.6 Å². The molecule has 1 unspecified atom stereocenters. The van der Waals surface area contributed by atoms with Gasteiger partial charge in [-0.15, -0.1) is 0 Å². The molecule has 2 heterocycles. The van der Waals surface area contributed by atoms with E-state index < -0.39 is 17.8 Å². The van der Waals surface area contributed by atoms with E-state index in [1.807, 2.05) is 18.2 Å². The Morgan fingerprint density at radius 1 is 1.06 bits per heavy atom. The largest absolute Gasteiger partial charge is 0.416 e. The lowest BCUT2D eigenvalue weighted by Crippen LogP contribution is -2.36. The Labute approximate surface area is 186 Å². The summed E-state index contributed by atoms with van der Waals surface area (Å²) in [6.07, 6.45) is 0.146. The maximum atomic E-state index is 12.7. The number of nitrogens with one attached hydrogen (secondary N) is 1. The van der Waals surface area contributed by atoms with Gasteiger partial charge in [0.1, 0.15) is 0 Å². The van der Waals surface area contributed by atoms with Crippen LogP contribution in [0.3, 0.4) is 0 Å². The SMILES string of the molecule is O=C1CCc2cc(C(O)CN3CCC(CCc4ccc(C(F)(F)F)cc4)CC3)ccc2N1. The van der Waals surface area contributed by atoms with Gasteiger partial charge in [0, 0.05) is 18.7 Å². The molecule has 172 valence electrons. The Morgan fingerprint density at radius 3 is 2.47 bits per heavy atom. The highest BCUT2D eigenvalue weighted by molar-refractivity contribution is 5.93. The summed E-state index contributed by atoms with van der Waals surface area (Å²) in [5.41, 5.74) is 3.13. The van der Waals surface area contributed by atoms with Crippen molar-refractivity contribution >= 4 is 11.6 Å². The van der Waals surface area contributed by atoms with E-state index in [4.69, 9.17) is 0 Å². The molecule has 2 aromatic rings. The van der Waals surface area contributed by atoms with E-state index in [2.05, 4.69) is 10.2 Å². The molecule has 2 aliphatic heterocycles. The maximum Gasteiger partial charge on any atom is 0.416 e. The summed E-state index contributed by atoms with van der Waals surface area (Å²) >= 11 is 0. The predicted molar refractivity (Wildman–Crippen MR) is 117 cm³/mol. The van der Waals surface area contributed by atoms with Crippen molar-refractivity contribution in [3.63, 3.8) is 0 Å². The van der Waals surface area contributed by atoms with Crippen molar-refractivity contribution in [1.29, 1.82) is 0 Å². The first-order valence-electron chi connectivity index (χ1n) is 11.3. The standard InChI is InChI=1S/C25H29F3N2O2/c26-25(27,28)21-7-3-17(4-8-21)1-2-18-11-13-30(14-12-18)16-23(31)20-5-9-22-19(15-20)6-10-24(32)29-22/h3-5,7-9,15,18,23,31H,1-2,6,10-14,16H2,(H,29,32). The molecule has 0 aromatic heterocycles. The normalized spacial score (nSPS) is 18.8. The van der Waals surface area contributed by atoms with Crippen LogP contribution >= 0.6 is 0 Å². The third kappa shape index (κ3) is 5.70. The summed E-state index contributed by atoms with van der Waals surface area (Å²) in [5.74, 6) is 0.588. The van der Waals surface area contributed by atoms with Crippen LogP contribution in [0.1, 0.15) is 54.0 Å². The van der Waals surface area contributed by atoms with E-state index in [0.29, 0.717) is 25.3 Å². The van der Waals surface area contributed by atoms with Gasteiger partial charge in [-0.3, -0.25) is 4.79 Å². The van der Waals surface area contributed by atoms with E-state index in [1.165, 1.54) is 0 Å². The van der Waals surface area contributed by atoms with Crippen molar-refractivity contribution in [3.05, 3.63) is 64.7 Å². The summed E-state index contributed by atoms with van der Waals surface area (Å²) in [5, 5.41) is 13.6. The lowest BCUT2D eigenvalue weighted by molar-refractivity contribution is -0.137. The van der Waals surface area contributed by atoms with Crippen molar-refractivity contribution in [3.8, 4) is 0 Å². The fraction of sp³-hybridized carbons (Fsp3) is 0.480. The van der Waals surface area contributed by atoms with Crippen LogP contribution in [-0.4, -0.2) is 35.5 Å². The van der Waals surface area contributed by atoms with Gasteiger partial charge in [0.25, 0.3) is 0 Å². The van der Waals surface area contributed by atoms with Gasteiger partial charge in [-0.25, -0.2) is 0 Å². The summed E-state index contributed by atoms with van der Waals surface area (Å²) in [7, 11) is 0. The number of β-amino-alcohol motifs (C(OH)–C–C–N with tert-alkyl or cyclic N) is 1. The number of anilines is 1. The predicted octanol–water partition coefficient (Wildman–Crippen LogP) is 4.97. The zero-order valence-electron chi connectivity index (χ0n) is 18.0. The minimum atomic E-state index is -4.29. The quantitative estimate of drug-likeness (QED) is 0.659. The van der Waals surface area contributed by atoms with Gasteiger partial charge in [-0.05, 0) is 86.0 Å². The van der Waals surface area contributed by atoms with Crippen molar-refractivity contribution < 1.29 is 23.1 Å². The molecule has 0 bridgehead atoms. The van der Waals surface area contributed by atoms with E-state index in [1.54, 1.807) is 12.1 Å². The van der Waals surface area contributed by atoms with Crippen LogP contribution in [0, 0.1) is 5.92 Å². The molecule has 0 spiro atoms. The molecule has 7 heteroatoms. The molecule has 1 atom stereocenters. The lowest BCUT2D eigenvalue weighted by atomic mass is 9.90. The number of carbonyl (C=O) groups excluding carboxylic acids is 1. The highest BCUT2D eigenvalue weighted by Gasteiger charge is 2.30. The second-order valence-corrected chi connectivity index (χ2v) is 8.96.